The Morgan fingerprint density at radius 3 is 2.19 bits per heavy atom. The highest BCUT2D eigenvalue weighted by Gasteiger charge is 2.19. The van der Waals surface area contributed by atoms with Crippen LogP contribution in [0.2, 0.25) is 0 Å². The lowest BCUT2D eigenvalue weighted by Crippen LogP contribution is -2.47. The molecule has 1 saturated heterocycles. The van der Waals surface area contributed by atoms with Crippen LogP contribution in [-0.4, -0.2) is 41.1 Å². The smallest absolute Gasteiger partial charge is 0.225 e. The average Bonchev–Trinajstić information content (AvgIpc) is 2.56. The number of hydrogen-bond donors (Lipinski definition) is 0. The number of anilines is 2. The van der Waals surface area contributed by atoms with Crippen molar-refractivity contribution in [1.29, 1.82) is 5.26 Å². The number of pyridine rings is 1. The standard InChI is InChI=1S/C14H13FN6/c15-11-8-18-14(19-9-11)21-5-3-20(4-6-21)13-2-1-12(7-16)17-10-13/h1-2,8-10H,3-6H2. The van der Waals surface area contributed by atoms with Crippen LogP contribution < -0.4 is 9.80 Å². The van der Waals surface area contributed by atoms with Gasteiger partial charge in [-0.2, -0.15) is 5.26 Å². The SMILES string of the molecule is N#Cc1ccc(N2CCN(c3ncc(F)cn3)CC2)cn1. The van der Waals surface area contributed by atoms with Gasteiger partial charge in [0.05, 0.1) is 24.3 Å². The molecule has 1 fully saturated rings. The largest absolute Gasteiger partial charge is 0.367 e. The number of halogens is 1. The molecule has 6 nitrogen and oxygen atoms in total. The number of rotatable bonds is 2. The fourth-order valence-corrected chi connectivity index (χ4v) is 2.27. The first kappa shape index (κ1) is 13.2. The van der Waals surface area contributed by atoms with Crippen molar-refractivity contribution in [2.75, 3.05) is 36.0 Å². The summed E-state index contributed by atoms with van der Waals surface area (Å²) in [5.41, 5.74) is 1.41. The van der Waals surface area contributed by atoms with Crippen molar-refractivity contribution < 1.29 is 4.39 Å². The molecule has 0 aliphatic carbocycles. The van der Waals surface area contributed by atoms with E-state index in [1.54, 1.807) is 12.3 Å². The molecule has 2 aromatic heterocycles. The lowest BCUT2D eigenvalue weighted by molar-refractivity contribution is 0.602. The third-order valence-electron chi connectivity index (χ3n) is 3.40. The molecule has 0 amide bonds. The molecule has 1 aliphatic heterocycles. The molecule has 0 radical (unpaired) electrons. The second kappa shape index (κ2) is 5.71. The molecule has 0 unspecified atom stereocenters. The van der Waals surface area contributed by atoms with E-state index in [1.807, 2.05) is 17.0 Å². The number of hydrogen-bond acceptors (Lipinski definition) is 6. The molecular weight excluding hydrogens is 271 g/mol. The van der Waals surface area contributed by atoms with Crippen LogP contribution in [0.3, 0.4) is 0 Å². The molecule has 0 bridgehead atoms. The van der Waals surface area contributed by atoms with Gasteiger partial charge in [-0.05, 0) is 12.1 Å². The fourth-order valence-electron chi connectivity index (χ4n) is 2.27. The molecule has 3 heterocycles. The van der Waals surface area contributed by atoms with E-state index < -0.39 is 5.82 Å². The van der Waals surface area contributed by atoms with Gasteiger partial charge in [-0.25, -0.2) is 19.3 Å². The van der Waals surface area contributed by atoms with Gasteiger partial charge in [-0.15, -0.1) is 0 Å². The van der Waals surface area contributed by atoms with Crippen LogP contribution >= 0.6 is 0 Å². The topological polar surface area (TPSA) is 68.9 Å². The maximum absolute atomic E-state index is 12.8. The molecule has 0 spiro atoms. The van der Waals surface area contributed by atoms with Crippen molar-refractivity contribution in [3.63, 3.8) is 0 Å². The minimum Gasteiger partial charge on any atom is -0.367 e. The van der Waals surface area contributed by atoms with Gasteiger partial charge < -0.3 is 9.80 Å². The molecule has 3 rings (SSSR count). The van der Waals surface area contributed by atoms with Gasteiger partial charge in [0.2, 0.25) is 5.95 Å². The number of nitriles is 1. The molecular formula is C14H13FN6. The van der Waals surface area contributed by atoms with Crippen molar-refractivity contribution in [3.05, 3.63) is 42.2 Å². The van der Waals surface area contributed by atoms with Crippen LogP contribution in [0.1, 0.15) is 5.69 Å². The summed E-state index contributed by atoms with van der Waals surface area (Å²) in [6.45, 7) is 3.11. The lowest BCUT2D eigenvalue weighted by Gasteiger charge is -2.35. The highest BCUT2D eigenvalue weighted by Crippen LogP contribution is 2.17. The van der Waals surface area contributed by atoms with Crippen molar-refractivity contribution in [2.45, 2.75) is 0 Å². The first-order chi connectivity index (χ1) is 10.3. The Hall–Kier alpha value is -2.75. The molecule has 0 atom stereocenters. The number of piperazine rings is 1. The van der Waals surface area contributed by atoms with Crippen molar-refractivity contribution >= 4 is 11.6 Å². The second-order valence-corrected chi connectivity index (χ2v) is 4.69. The average molecular weight is 284 g/mol. The van der Waals surface area contributed by atoms with Gasteiger partial charge in [-0.1, -0.05) is 0 Å². The van der Waals surface area contributed by atoms with Gasteiger partial charge in [0.25, 0.3) is 0 Å². The highest BCUT2D eigenvalue weighted by atomic mass is 19.1. The monoisotopic (exact) mass is 284 g/mol. The predicted molar refractivity (Wildman–Crippen MR) is 75.4 cm³/mol. The number of nitrogens with zero attached hydrogens (tertiary/aromatic N) is 6. The summed E-state index contributed by atoms with van der Waals surface area (Å²) in [6, 6.07) is 5.62. The van der Waals surface area contributed by atoms with E-state index in [-0.39, 0.29) is 0 Å². The van der Waals surface area contributed by atoms with E-state index in [2.05, 4.69) is 19.9 Å². The third-order valence-corrected chi connectivity index (χ3v) is 3.40. The third kappa shape index (κ3) is 2.89. The number of aromatic nitrogens is 3. The quantitative estimate of drug-likeness (QED) is 0.825. The Labute approximate surface area is 121 Å². The zero-order valence-corrected chi connectivity index (χ0v) is 11.3. The lowest BCUT2D eigenvalue weighted by atomic mass is 10.2. The Morgan fingerprint density at radius 2 is 1.62 bits per heavy atom. The zero-order chi connectivity index (χ0) is 14.7. The highest BCUT2D eigenvalue weighted by molar-refractivity contribution is 5.48. The molecule has 7 heteroatoms. The fraction of sp³-hybridized carbons (Fsp3) is 0.286. The van der Waals surface area contributed by atoms with Gasteiger partial charge in [0.15, 0.2) is 5.82 Å². The van der Waals surface area contributed by atoms with Gasteiger partial charge in [-0.3, -0.25) is 0 Å². The van der Waals surface area contributed by atoms with Gasteiger partial charge in [0.1, 0.15) is 11.8 Å². The molecule has 0 saturated carbocycles. The first-order valence-electron chi connectivity index (χ1n) is 6.60. The molecule has 0 N–H and O–H groups in total. The summed E-state index contributed by atoms with van der Waals surface area (Å²) >= 11 is 0. The summed E-state index contributed by atoms with van der Waals surface area (Å²) in [5.74, 6) is 0.120. The Bertz CT molecular complexity index is 641. The molecule has 2 aromatic rings. The molecule has 0 aromatic carbocycles. The maximum Gasteiger partial charge on any atom is 0.225 e. The maximum atomic E-state index is 12.8. The summed E-state index contributed by atoms with van der Waals surface area (Å²) in [5, 5.41) is 8.75. The predicted octanol–water partition coefficient (Wildman–Crippen LogP) is 1.21. The van der Waals surface area contributed by atoms with E-state index >= 15 is 0 Å². The Kier molecular flexibility index (Phi) is 3.60. The second-order valence-electron chi connectivity index (χ2n) is 4.69. The van der Waals surface area contributed by atoms with Crippen molar-refractivity contribution in [2.24, 2.45) is 0 Å². The Morgan fingerprint density at radius 1 is 0.952 bits per heavy atom. The normalized spacial score (nSPS) is 14.9. The van der Waals surface area contributed by atoms with Gasteiger partial charge >= 0.3 is 0 Å². The summed E-state index contributed by atoms with van der Waals surface area (Å²) in [4.78, 5) is 16.3. The summed E-state index contributed by atoms with van der Waals surface area (Å²) in [6.07, 6.45) is 4.07. The minimum absolute atomic E-state index is 0.414. The van der Waals surface area contributed by atoms with E-state index in [9.17, 15) is 4.39 Å². The van der Waals surface area contributed by atoms with Crippen LogP contribution in [0, 0.1) is 17.1 Å². The molecule has 1 aliphatic rings. The van der Waals surface area contributed by atoms with E-state index in [0.29, 0.717) is 11.6 Å². The summed E-state index contributed by atoms with van der Waals surface area (Å²) < 4.78 is 12.8. The molecule has 21 heavy (non-hydrogen) atoms. The minimum atomic E-state index is -0.430. The van der Waals surface area contributed by atoms with E-state index in [1.165, 1.54) is 12.4 Å². The summed E-state index contributed by atoms with van der Waals surface area (Å²) in [7, 11) is 0. The van der Waals surface area contributed by atoms with Crippen LogP contribution in [-0.2, 0) is 0 Å². The van der Waals surface area contributed by atoms with Crippen LogP contribution in [0.15, 0.2) is 30.7 Å². The van der Waals surface area contributed by atoms with Crippen LogP contribution in [0.4, 0.5) is 16.0 Å². The molecule has 106 valence electrons. The van der Waals surface area contributed by atoms with Crippen LogP contribution in [0.5, 0.6) is 0 Å². The zero-order valence-electron chi connectivity index (χ0n) is 11.3. The van der Waals surface area contributed by atoms with Crippen molar-refractivity contribution in [3.8, 4) is 6.07 Å². The van der Waals surface area contributed by atoms with Crippen LogP contribution in [0.25, 0.3) is 0 Å². The Balaban J connectivity index is 1.64. The van der Waals surface area contributed by atoms with Gasteiger partial charge in [0, 0.05) is 26.2 Å². The first-order valence-corrected chi connectivity index (χ1v) is 6.60. The van der Waals surface area contributed by atoms with E-state index in [0.717, 1.165) is 31.9 Å². The van der Waals surface area contributed by atoms with E-state index in [4.69, 9.17) is 5.26 Å². The van der Waals surface area contributed by atoms with Crippen molar-refractivity contribution in [1.82, 2.24) is 15.0 Å².